The maximum Gasteiger partial charge on any atom is 0.126 e. The predicted octanol–water partition coefficient (Wildman–Crippen LogP) is 0.911. The van der Waals surface area contributed by atoms with Crippen LogP contribution < -0.4 is 0 Å². The van der Waals surface area contributed by atoms with Gasteiger partial charge in [-0.3, -0.25) is 0 Å². The van der Waals surface area contributed by atoms with Crippen molar-refractivity contribution < 1.29 is 19.7 Å². The van der Waals surface area contributed by atoms with Crippen LogP contribution in [0.1, 0.15) is 23.7 Å². The first kappa shape index (κ1) is 12.1. The molecule has 0 spiro atoms. The van der Waals surface area contributed by atoms with Crippen molar-refractivity contribution in [3.8, 4) is 0 Å². The molecule has 15 heavy (non-hydrogen) atoms. The molecule has 0 amide bonds. The SMILES string of the molecule is Cc1c(F)cccc1C(O)C(O)CCO. The zero-order valence-corrected chi connectivity index (χ0v) is 8.52. The van der Waals surface area contributed by atoms with Crippen LogP contribution in [0.3, 0.4) is 0 Å². The first-order valence-corrected chi connectivity index (χ1v) is 4.80. The monoisotopic (exact) mass is 214 g/mol. The standard InChI is InChI=1S/C11H15FO3/c1-7-8(3-2-4-9(7)12)11(15)10(14)5-6-13/h2-4,10-11,13-15H,5-6H2,1H3. The van der Waals surface area contributed by atoms with Crippen molar-refractivity contribution in [2.45, 2.75) is 25.6 Å². The van der Waals surface area contributed by atoms with Crippen LogP contribution in [-0.4, -0.2) is 28.0 Å². The van der Waals surface area contributed by atoms with Crippen molar-refractivity contribution in [2.75, 3.05) is 6.61 Å². The van der Waals surface area contributed by atoms with Crippen LogP contribution in [0.25, 0.3) is 0 Å². The third-order valence-electron chi connectivity index (χ3n) is 2.42. The van der Waals surface area contributed by atoms with Gasteiger partial charge in [0.25, 0.3) is 0 Å². The van der Waals surface area contributed by atoms with Crippen LogP contribution in [0.5, 0.6) is 0 Å². The maximum absolute atomic E-state index is 13.1. The van der Waals surface area contributed by atoms with Crippen molar-refractivity contribution >= 4 is 0 Å². The summed E-state index contributed by atoms with van der Waals surface area (Å²) in [5.41, 5.74) is 0.679. The molecule has 0 saturated heterocycles. The highest BCUT2D eigenvalue weighted by molar-refractivity contribution is 5.29. The van der Waals surface area contributed by atoms with Gasteiger partial charge in [-0.2, -0.15) is 0 Å². The van der Waals surface area contributed by atoms with Crippen molar-refractivity contribution in [3.63, 3.8) is 0 Å². The molecule has 0 aromatic heterocycles. The van der Waals surface area contributed by atoms with Gasteiger partial charge in [0.15, 0.2) is 0 Å². The highest BCUT2D eigenvalue weighted by atomic mass is 19.1. The molecular weight excluding hydrogens is 199 g/mol. The van der Waals surface area contributed by atoms with E-state index in [2.05, 4.69) is 0 Å². The zero-order valence-electron chi connectivity index (χ0n) is 8.52. The van der Waals surface area contributed by atoms with E-state index in [0.29, 0.717) is 11.1 Å². The molecule has 3 nitrogen and oxygen atoms in total. The van der Waals surface area contributed by atoms with Gasteiger partial charge in [0, 0.05) is 6.61 Å². The molecule has 2 atom stereocenters. The minimum Gasteiger partial charge on any atom is -0.396 e. The molecule has 0 heterocycles. The fourth-order valence-electron chi connectivity index (χ4n) is 1.44. The van der Waals surface area contributed by atoms with Crippen molar-refractivity contribution in [3.05, 3.63) is 35.1 Å². The molecule has 1 rings (SSSR count). The van der Waals surface area contributed by atoms with E-state index in [-0.39, 0.29) is 13.0 Å². The van der Waals surface area contributed by atoms with Gasteiger partial charge < -0.3 is 15.3 Å². The number of hydrogen-bond acceptors (Lipinski definition) is 3. The fourth-order valence-corrected chi connectivity index (χ4v) is 1.44. The Morgan fingerprint density at radius 1 is 1.33 bits per heavy atom. The van der Waals surface area contributed by atoms with Gasteiger partial charge in [0.05, 0.1) is 6.10 Å². The van der Waals surface area contributed by atoms with Crippen LogP contribution in [0, 0.1) is 12.7 Å². The normalized spacial score (nSPS) is 15.0. The van der Waals surface area contributed by atoms with Gasteiger partial charge in [0.1, 0.15) is 11.9 Å². The lowest BCUT2D eigenvalue weighted by Crippen LogP contribution is -2.20. The Morgan fingerprint density at radius 2 is 2.00 bits per heavy atom. The second-order valence-corrected chi connectivity index (χ2v) is 3.48. The lowest BCUT2D eigenvalue weighted by atomic mass is 9.98. The average Bonchev–Trinajstić information content (AvgIpc) is 2.21. The molecule has 4 heteroatoms. The van der Waals surface area contributed by atoms with Gasteiger partial charge in [-0.05, 0) is 30.5 Å². The van der Waals surface area contributed by atoms with Gasteiger partial charge >= 0.3 is 0 Å². The number of rotatable bonds is 4. The summed E-state index contributed by atoms with van der Waals surface area (Å²) < 4.78 is 13.1. The quantitative estimate of drug-likeness (QED) is 0.698. The lowest BCUT2D eigenvalue weighted by molar-refractivity contribution is 0.00372. The largest absolute Gasteiger partial charge is 0.396 e. The Morgan fingerprint density at radius 3 is 2.60 bits per heavy atom. The number of aliphatic hydroxyl groups is 3. The second kappa shape index (κ2) is 5.21. The molecule has 0 aliphatic carbocycles. The second-order valence-electron chi connectivity index (χ2n) is 3.48. The Labute approximate surface area is 87.8 Å². The molecular formula is C11H15FO3. The first-order chi connectivity index (χ1) is 7.07. The Hall–Kier alpha value is -0.970. The van der Waals surface area contributed by atoms with Crippen molar-refractivity contribution in [1.29, 1.82) is 0 Å². The fraction of sp³-hybridized carbons (Fsp3) is 0.455. The number of halogens is 1. The van der Waals surface area contributed by atoms with Gasteiger partial charge in [-0.25, -0.2) is 4.39 Å². The highest BCUT2D eigenvalue weighted by Crippen LogP contribution is 2.23. The van der Waals surface area contributed by atoms with Crippen LogP contribution >= 0.6 is 0 Å². The van der Waals surface area contributed by atoms with Gasteiger partial charge in [0.2, 0.25) is 0 Å². The number of aliphatic hydroxyl groups excluding tert-OH is 3. The number of benzene rings is 1. The minimum atomic E-state index is -1.16. The molecule has 1 aromatic rings. The van der Waals surface area contributed by atoms with Gasteiger partial charge in [-0.1, -0.05) is 12.1 Å². The van der Waals surface area contributed by atoms with Crippen LogP contribution in [0.15, 0.2) is 18.2 Å². The van der Waals surface area contributed by atoms with E-state index in [1.54, 1.807) is 13.0 Å². The summed E-state index contributed by atoms with van der Waals surface area (Å²) in [7, 11) is 0. The van der Waals surface area contributed by atoms with Crippen LogP contribution in [-0.2, 0) is 0 Å². The van der Waals surface area contributed by atoms with E-state index in [9.17, 15) is 14.6 Å². The third-order valence-corrected chi connectivity index (χ3v) is 2.42. The molecule has 1 aromatic carbocycles. The smallest absolute Gasteiger partial charge is 0.126 e. The Bertz CT molecular complexity index is 328. The van der Waals surface area contributed by atoms with E-state index >= 15 is 0 Å². The Balaban J connectivity index is 2.90. The van der Waals surface area contributed by atoms with E-state index in [4.69, 9.17) is 5.11 Å². The summed E-state index contributed by atoms with van der Waals surface area (Å²) in [4.78, 5) is 0. The molecule has 0 bridgehead atoms. The van der Waals surface area contributed by atoms with E-state index in [0.717, 1.165) is 0 Å². The van der Waals surface area contributed by atoms with E-state index < -0.39 is 18.0 Å². The summed E-state index contributed by atoms with van der Waals surface area (Å²) >= 11 is 0. The lowest BCUT2D eigenvalue weighted by Gasteiger charge is -2.19. The van der Waals surface area contributed by atoms with E-state index in [1.165, 1.54) is 12.1 Å². The van der Waals surface area contributed by atoms with Crippen LogP contribution in [0.2, 0.25) is 0 Å². The molecule has 0 aliphatic heterocycles. The molecule has 0 fully saturated rings. The molecule has 84 valence electrons. The minimum absolute atomic E-state index is 0.0666. The zero-order chi connectivity index (χ0) is 11.4. The summed E-state index contributed by atoms with van der Waals surface area (Å²) in [6.45, 7) is 1.33. The highest BCUT2D eigenvalue weighted by Gasteiger charge is 2.20. The molecule has 0 radical (unpaired) electrons. The average molecular weight is 214 g/mol. The molecule has 3 N–H and O–H groups in total. The van der Waals surface area contributed by atoms with E-state index in [1.807, 2.05) is 0 Å². The summed E-state index contributed by atoms with van der Waals surface area (Å²) in [6, 6.07) is 4.33. The molecule has 0 saturated carbocycles. The molecule has 0 aliphatic rings. The summed E-state index contributed by atoms with van der Waals surface area (Å²) in [5.74, 6) is -0.414. The van der Waals surface area contributed by atoms with Crippen molar-refractivity contribution in [2.24, 2.45) is 0 Å². The maximum atomic E-state index is 13.1. The summed E-state index contributed by atoms with van der Waals surface area (Å²) in [6.07, 6.45) is -2.17. The molecule has 2 unspecified atom stereocenters. The van der Waals surface area contributed by atoms with Crippen molar-refractivity contribution in [1.82, 2.24) is 0 Å². The first-order valence-electron chi connectivity index (χ1n) is 4.80. The number of hydrogen-bond donors (Lipinski definition) is 3. The van der Waals surface area contributed by atoms with Crippen LogP contribution in [0.4, 0.5) is 4.39 Å². The summed E-state index contributed by atoms with van der Waals surface area (Å²) in [5, 5.41) is 27.8. The predicted molar refractivity (Wildman–Crippen MR) is 53.8 cm³/mol. The topological polar surface area (TPSA) is 60.7 Å². The van der Waals surface area contributed by atoms with Gasteiger partial charge in [-0.15, -0.1) is 0 Å². The third kappa shape index (κ3) is 2.75. The Kier molecular flexibility index (Phi) is 4.20.